The van der Waals surface area contributed by atoms with E-state index >= 15 is 0 Å². The van der Waals surface area contributed by atoms with E-state index in [1.807, 2.05) is 30.5 Å². The zero-order valence-electron chi connectivity index (χ0n) is 16.1. The van der Waals surface area contributed by atoms with Crippen molar-refractivity contribution in [3.63, 3.8) is 0 Å². The number of nitrogens with zero attached hydrogens (tertiary/aromatic N) is 2. The van der Waals surface area contributed by atoms with Crippen LogP contribution in [-0.4, -0.2) is 13.3 Å². The molecule has 0 amide bonds. The molecule has 0 atom stereocenters. The van der Waals surface area contributed by atoms with Gasteiger partial charge < -0.3 is 9.64 Å². The third-order valence-electron chi connectivity index (χ3n) is 5.23. The molecule has 0 bridgehead atoms. The molecular formula is C24H24N2O. The molecule has 0 saturated heterocycles. The highest BCUT2D eigenvalue weighted by Gasteiger charge is 2.19. The molecule has 3 heteroatoms. The van der Waals surface area contributed by atoms with Gasteiger partial charge >= 0.3 is 0 Å². The van der Waals surface area contributed by atoms with Crippen LogP contribution >= 0.6 is 0 Å². The summed E-state index contributed by atoms with van der Waals surface area (Å²) in [5.74, 6) is 0.843. The maximum Gasteiger partial charge on any atom is 0.119 e. The first-order chi connectivity index (χ1) is 13.1. The molecule has 0 saturated carbocycles. The van der Waals surface area contributed by atoms with E-state index < -0.39 is 0 Å². The standard InChI is InChI=1S/C24H24N2O/c1-17-12-20-15-26(16-21(20)13-18(17)2)23-8-4-19(5-9-23)14-25-22-6-10-24(27-3)11-7-22/h4-14H,15-16H2,1-3H3. The van der Waals surface area contributed by atoms with E-state index in [2.05, 4.69) is 60.1 Å². The first-order valence-electron chi connectivity index (χ1n) is 9.24. The molecule has 0 unspecified atom stereocenters. The first kappa shape index (κ1) is 17.3. The molecule has 0 aromatic heterocycles. The largest absolute Gasteiger partial charge is 0.497 e. The van der Waals surface area contributed by atoms with Crippen LogP contribution in [-0.2, 0) is 13.1 Å². The molecule has 0 spiro atoms. The Hall–Kier alpha value is -3.07. The molecular weight excluding hydrogens is 332 g/mol. The summed E-state index contributed by atoms with van der Waals surface area (Å²) < 4.78 is 5.17. The van der Waals surface area contributed by atoms with Crippen molar-refractivity contribution in [3.05, 3.63) is 88.5 Å². The van der Waals surface area contributed by atoms with Gasteiger partial charge in [0.05, 0.1) is 12.8 Å². The second-order valence-corrected chi connectivity index (χ2v) is 7.11. The van der Waals surface area contributed by atoms with Gasteiger partial charge in [0.15, 0.2) is 0 Å². The lowest BCUT2D eigenvalue weighted by Crippen LogP contribution is -2.14. The number of rotatable bonds is 4. The summed E-state index contributed by atoms with van der Waals surface area (Å²) in [4.78, 5) is 6.96. The van der Waals surface area contributed by atoms with Crippen LogP contribution in [0.3, 0.4) is 0 Å². The second kappa shape index (κ2) is 7.28. The molecule has 3 aromatic carbocycles. The molecule has 1 aliphatic rings. The molecule has 27 heavy (non-hydrogen) atoms. The lowest BCUT2D eigenvalue weighted by Gasteiger charge is -2.17. The molecule has 0 fully saturated rings. The van der Waals surface area contributed by atoms with Crippen LogP contribution < -0.4 is 9.64 Å². The monoisotopic (exact) mass is 356 g/mol. The van der Waals surface area contributed by atoms with Crippen molar-refractivity contribution < 1.29 is 4.74 Å². The lowest BCUT2D eigenvalue weighted by atomic mass is 10.0. The van der Waals surface area contributed by atoms with Crippen molar-refractivity contribution in [3.8, 4) is 5.75 Å². The highest BCUT2D eigenvalue weighted by atomic mass is 16.5. The quantitative estimate of drug-likeness (QED) is 0.570. The predicted molar refractivity (Wildman–Crippen MR) is 112 cm³/mol. The van der Waals surface area contributed by atoms with Gasteiger partial charge in [0.25, 0.3) is 0 Å². The Bertz CT molecular complexity index is 942. The topological polar surface area (TPSA) is 24.8 Å². The molecule has 1 aliphatic heterocycles. The average Bonchev–Trinajstić information content (AvgIpc) is 3.10. The molecule has 0 N–H and O–H groups in total. The summed E-state index contributed by atoms with van der Waals surface area (Å²) in [7, 11) is 1.67. The summed E-state index contributed by atoms with van der Waals surface area (Å²) in [6.07, 6.45) is 1.90. The van der Waals surface area contributed by atoms with Crippen molar-refractivity contribution in [1.29, 1.82) is 0 Å². The number of ether oxygens (including phenoxy) is 1. The Kier molecular flexibility index (Phi) is 4.68. The van der Waals surface area contributed by atoms with Gasteiger partial charge in [-0.15, -0.1) is 0 Å². The van der Waals surface area contributed by atoms with Crippen molar-refractivity contribution in [2.45, 2.75) is 26.9 Å². The highest BCUT2D eigenvalue weighted by Crippen LogP contribution is 2.30. The van der Waals surface area contributed by atoms with Gasteiger partial charge in [0, 0.05) is 25.0 Å². The first-order valence-corrected chi connectivity index (χ1v) is 9.24. The van der Waals surface area contributed by atoms with E-state index in [-0.39, 0.29) is 0 Å². The van der Waals surface area contributed by atoms with Crippen LogP contribution in [0.1, 0.15) is 27.8 Å². The van der Waals surface area contributed by atoms with Crippen molar-refractivity contribution in [2.24, 2.45) is 4.99 Å². The van der Waals surface area contributed by atoms with E-state index in [4.69, 9.17) is 4.74 Å². The maximum absolute atomic E-state index is 5.17. The van der Waals surface area contributed by atoms with Gasteiger partial charge in [-0.1, -0.05) is 24.3 Å². The Morgan fingerprint density at radius 2 is 1.44 bits per heavy atom. The summed E-state index contributed by atoms with van der Waals surface area (Å²) >= 11 is 0. The number of aryl methyl sites for hydroxylation is 2. The molecule has 0 radical (unpaired) electrons. The fourth-order valence-electron chi connectivity index (χ4n) is 3.47. The average molecular weight is 356 g/mol. The number of hydrogen-bond donors (Lipinski definition) is 0. The van der Waals surface area contributed by atoms with Crippen molar-refractivity contribution >= 4 is 17.6 Å². The zero-order chi connectivity index (χ0) is 18.8. The van der Waals surface area contributed by atoms with E-state index in [0.29, 0.717) is 0 Å². The molecule has 3 nitrogen and oxygen atoms in total. The van der Waals surface area contributed by atoms with E-state index in [1.165, 1.54) is 27.9 Å². The summed E-state index contributed by atoms with van der Waals surface area (Å²) in [6.45, 7) is 6.34. The van der Waals surface area contributed by atoms with Crippen LogP contribution in [0.2, 0.25) is 0 Å². The van der Waals surface area contributed by atoms with E-state index in [1.54, 1.807) is 7.11 Å². The molecule has 136 valence electrons. The molecule has 4 rings (SSSR count). The van der Waals surface area contributed by atoms with Gasteiger partial charge in [-0.25, -0.2) is 0 Å². The number of aliphatic imine (C=N–C) groups is 1. The Balaban J connectivity index is 1.45. The van der Waals surface area contributed by atoms with Crippen LogP contribution in [0.4, 0.5) is 11.4 Å². The fourth-order valence-corrected chi connectivity index (χ4v) is 3.47. The van der Waals surface area contributed by atoms with Gasteiger partial charge in [0.2, 0.25) is 0 Å². The van der Waals surface area contributed by atoms with Crippen LogP contribution in [0, 0.1) is 13.8 Å². The maximum atomic E-state index is 5.17. The number of hydrogen-bond acceptors (Lipinski definition) is 3. The van der Waals surface area contributed by atoms with Gasteiger partial charge in [0.1, 0.15) is 5.75 Å². The summed E-state index contributed by atoms with van der Waals surface area (Å²) in [5.41, 5.74) is 8.91. The summed E-state index contributed by atoms with van der Waals surface area (Å²) in [5, 5.41) is 0. The van der Waals surface area contributed by atoms with E-state index in [9.17, 15) is 0 Å². The minimum Gasteiger partial charge on any atom is -0.497 e. The Morgan fingerprint density at radius 3 is 2.00 bits per heavy atom. The third kappa shape index (κ3) is 3.72. The second-order valence-electron chi connectivity index (χ2n) is 7.11. The van der Waals surface area contributed by atoms with Crippen LogP contribution in [0.25, 0.3) is 0 Å². The Labute approximate surface area is 160 Å². The third-order valence-corrected chi connectivity index (χ3v) is 5.23. The number of benzene rings is 3. The highest BCUT2D eigenvalue weighted by molar-refractivity contribution is 5.82. The normalized spacial score (nSPS) is 13.2. The van der Waals surface area contributed by atoms with Gasteiger partial charge in [-0.2, -0.15) is 0 Å². The van der Waals surface area contributed by atoms with Crippen LogP contribution in [0.15, 0.2) is 65.7 Å². The van der Waals surface area contributed by atoms with Crippen LogP contribution in [0.5, 0.6) is 5.75 Å². The lowest BCUT2D eigenvalue weighted by molar-refractivity contribution is 0.415. The molecule has 0 aliphatic carbocycles. The Morgan fingerprint density at radius 1 is 0.852 bits per heavy atom. The summed E-state index contributed by atoms with van der Waals surface area (Å²) in [6, 6.07) is 21.0. The number of fused-ring (bicyclic) bond motifs is 1. The van der Waals surface area contributed by atoms with Gasteiger partial charge in [-0.3, -0.25) is 4.99 Å². The minimum atomic E-state index is 0.843. The molecule has 1 heterocycles. The van der Waals surface area contributed by atoms with Gasteiger partial charge in [-0.05, 0) is 78.1 Å². The molecule has 3 aromatic rings. The fraction of sp³-hybridized carbons (Fsp3) is 0.208. The van der Waals surface area contributed by atoms with E-state index in [0.717, 1.165) is 30.1 Å². The predicted octanol–water partition coefficient (Wildman–Crippen LogP) is 5.58. The van der Waals surface area contributed by atoms with Crippen molar-refractivity contribution in [1.82, 2.24) is 0 Å². The smallest absolute Gasteiger partial charge is 0.119 e. The SMILES string of the molecule is COc1ccc(N=Cc2ccc(N3Cc4cc(C)c(C)cc4C3)cc2)cc1. The minimum absolute atomic E-state index is 0.843. The number of anilines is 1. The number of methoxy groups -OCH3 is 1. The van der Waals surface area contributed by atoms with Crippen molar-refractivity contribution in [2.75, 3.05) is 12.0 Å². The zero-order valence-corrected chi connectivity index (χ0v) is 16.1.